The topological polar surface area (TPSA) is 102 Å². The Morgan fingerprint density at radius 3 is 2.65 bits per heavy atom. The highest BCUT2D eigenvalue weighted by atomic mass is 32.1. The van der Waals surface area contributed by atoms with Gasteiger partial charge in [-0.05, 0) is 38.5 Å². The largest absolute Gasteiger partial charge is 0.323 e. The van der Waals surface area contributed by atoms with E-state index in [9.17, 15) is 14.4 Å². The third-order valence-electron chi connectivity index (χ3n) is 6.81. The lowest BCUT2D eigenvalue weighted by atomic mass is 10.1. The summed E-state index contributed by atoms with van der Waals surface area (Å²) in [6.45, 7) is 9.44. The molecule has 10 heteroatoms. The van der Waals surface area contributed by atoms with Crippen LogP contribution in [0.2, 0.25) is 0 Å². The van der Waals surface area contributed by atoms with Gasteiger partial charge in [-0.15, -0.1) is 11.3 Å². The first-order valence-electron chi connectivity index (χ1n) is 11.5. The average molecular weight is 481 g/mol. The molecule has 34 heavy (non-hydrogen) atoms. The minimum atomic E-state index is -0.340. The number of aromatic nitrogens is 2. The van der Waals surface area contributed by atoms with Crippen molar-refractivity contribution in [1.82, 2.24) is 19.8 Å². The van der Waals surface area contributed by atoms with E-state index in [1.54, 1.807) is 16.2 Å². The third-order valence-corrected chi connectivity index (χ3v) is 7.91. The van der Waals surface area contributed by atoms with Crippen LogP contribution in [0.25, 0.3) is 10.2 Å². The predicted octanol–water partition coefficient (Wildman–Crippen LogP) is 2.09. The Kier molecular flexibility index (Phi) is 5.97. The maximum Gasteiger partial charge on any atom is 0.259 e. The number of thiophene rings is 1. The van der Waals surface area contributed by atoms with Gasteiger partial charge >= 0.3 is 0 Å². The SMILES string of the molecule is Cc1sc2nc(CN3CCN([C@H](C)C(=O)N4CC(=O)Nc5ccccc54)CC3)[nH]c(=O)c2c1C. The Balaban J connectivity index is 1.23. The van der Waals surface area contributed by atoms with Crippen LogP contribution in [0.5, 0.6) is 0 Å². The van der Waals surface area contributed by atoms with Crippen molar-refractivity contribution in [3.05, 3.63) is 50.9 Å². The van der Waals surface area contributed by atoms with Crippen molar-refractivity contribution in [3.63, 3.8) is 0 Å². The molecule has 3 aromatic rings. The molecule has 2 N–H and O–H groups in total. The third kappa shape index (κ3) is 4.13. The summed E-state index contributed by atoms with van der Waals surface area (Å²) in [6, 6.07) is 7.04. The van der Waals surface area contributed by atoms with E-state index in [1.807, 2.05) is 45.0 Å². The van der Waals surface area contributed by atoms with E-state index in [0.29, 0.717) is 23.4 Å². The van der Waals surface area contributed by atoms with Gasteiger partial charge in [0, 0.05) is 31.1 Å². The number of para-hydroxylation sites is 2. The zero-order valence-corrected chi connectivity index (χ0v) is 20.4. The molecular weight excluding hydrogens is 452 g/mol. The highest BCUT2D eigenvalue weighted by Gasteiger charge is 2.33. The molecule has 2 aliphatic heterocycles. The van der Waals surface area contributed by atoms with Crippen LogP contribution in [0.4, 0.5) is 11.4 Å². The first kappa shape index (κ1) is 22.7. The molecular formula is C24H28N6O3S. The molecule has 4 heterocycles. The molecule has 2 amide bonds. The van der Waals surface area contributed by atoms with Gasteiger partial charge in [-0.1, -0.05) is 12.1 Å². The zero-order chi connectivity index (χ0) is 24.0. The molecule has 1 atom stereocenters. The number of anilines is 2. The molecule has 9 nitrogen and oxygen atoms in total. The number of aryl methyl sites for hydroxylation is 2. The monoisotopic (exact) mass is 480 g/mol. The van der Waals surface area contributed by atoms with Crippen LogP contribution in [0, 0.1) is 13.8 Å². The van der Waals surface area contributed by atoms with Crippen molar-refractivity contribution in [2.45, 2.75) is 33.4 Å². The molecule has 1 fully saturated rings. The van der Waals surface area contributed by atoms with Crippen molar-refractivity contribution in [1.29, 1.82) is 0 Å². The summed E-state index contributed by atoms with van der Waals surface area (Å²) in [5, 5.41) is 3.52. The van der Waals surface area contributed by atoms with Crippen LogP contribution in [0.15, 0.2) is 29.1 Å². The van der Waals surface area contributed by atoms with Crippen LogP contribution in [0.3, 0.4) is 0 Å². The fraction of sp³-hybridized carbons (Fsp3) is 0.417. The van der Waals surface area contributed by atoms with Gasteiger partial charge < -0.3 is 10.3 Å². The Labute approximate surface area is 201 Å². The lowest BCUT2D eigenvalue weighted by Gasteiger charge is -2.39. The minimum Gasteiger partial charge on any atom is -0.323 e. The number of fused-ring (bicyclic) bond motifs is 2. The van der Waals surface area contributed by atoms with Crippen LogP contribution in [-0.4, -0.2) is 70.3 Å². The number of H-pyrrole nitrogens is 1. The fourth-order valence-electron chi connectivity index (χ4n) is 4.71. The lowest BCUT2D eigenvalue weighted by molar-refractivity contribution is -0.126. The number of hydrogen-bond donors (Lipinski definition) is 2. The molecule has 0 bridgehead atoms. The number of nitrogens with zero attached hydrogens (tertiary/aromatic N) is 4. The summed E-state index contributed by atoms with van der Waals surface area (Å²) in [4.78, 5) is 53.5. The first-order valence-corrected chi connectivity index (χ1v) is 12.3. The number of benzene rings is 1. The van der Waals surface area contributed by atoms with Crippen LogP contribution in [-0.2, 0) is 16.1 Å². The van der Waals surface area contributed by atoms with Gasteiger partial charge in [-0.25, -0.2) is 4.98 Å². The maximum absolute atomic E-state index is 13.3. The van der Waals surface area contributed by atoms with Crippen molar-refractivity contribution < 1.29 is 9.59 Å². The number of rotatable bonds is 4. The maximum atomic E-state index is 13.3. The van der Waals surface area contributed by atoms with E-state index >= 15 is 0 Å². The molecule has 0 aliphatic carbocycles. The Morgan fingerprint density at radius 1 is 1.15 bits per heavy atom. The summed E-state index contributed by atoms with van der Waals surface area (Å²) >= 11 is 1.56. The molecule has 178 valence electrons. The summed E-state index contributed by atoms with van der Waals surface area (Å²) in [5.41, 5.74) is 2.33. The number of carbonyl (C=O) groups is 2. The van der Waals surface area contributed by atoms with E-state index in [4.69, 9.17) is 4.98 Å². The minimum absolute atomic E-state index is 0.0311. The fourth-order valence-corrected chi connectivity index (χ4v) is 5.76. The summed E-state index contributed by atoms with van der Waals surface area (Å²) in [5.74, 6) is 0.418. The second kappa shape index (κ2) is 8.94. The van der Waals surface area contributed by atoms with Crippen molar-refractivity contribution in [2.75, 3.05) is 42.9 Å². The van der Waals surface area contributed by atoms with Gasteiger partial charge in [0.15, 0.2) is 0 Å². The van der Waals surface area contributed by atoms with Crippen LogP contribution >= 0.6 is 11.3 Å². The summed E-state index contributed by atoms with van der Waals surface area (Å²) < 4.78 is 0. The molecule has 2 aliphatic rings. The van der Waals surface area contributed by atoms with Gasteiger partial charge in [0.1, 0.15) is 17.2 Å². The van der Waals surface area contributed by atoms with Crippen LogP contribution in [0.1, 0.15) is 23.2 Å². The molecule has 2 aromatic heterocycles. The standard InChI is InChI=1S/C24H28N6O3S/c1-14-16(3)34-23-21(14)22(32)26-19(27-23)12-28-8-10-29(11-9-28)15(2)24(33)30-13-20(31)25-17-6-4-5-7-18(17)30/h4-7,15H,8-13H2,1-3H3,(H,25,31)(H,26,27,32)/t15-/m1/s1. The van der Waals surface area contributed by atoms with Gasteiger partial charge in [-0.3, -0.25) is 29.1 Å². The van der Waals surface area contributed by atoms with E-state index < -0.39 is 0 Å². The molecule has 5 rings (SSSR count). The molecule has 0 saturated carbocycles. The predicted molar refractivity (Wildman–Crippen MR) is 133 cm³/mol. The second-order valence-electron chi connectivity index (χ2n) is 8.95. The van der Waals surface area contributed by atoms with Crippen molar-refractivity contribution in [2.24, 2.45) is 0 Å². The quantitative estimate of drug-likeness (QED) is 0.593. The van der Waals surface area contributed by atoms with E-state index in [-0.39, 0.29) is 30.0 Å². The number of nitrogens with one attached hydrogen (secondary N) is 2. The molecule has 1 saturated heterocycles. The molecule has 0 spiro atoms. The van der Waals surface area contributed by atoms with E-state index in [2.05, 4.69) is 20.1 Å². The second-order valence-corrected chi connectivity index (χ2v) is 10.2. The number of carbonyl (C=O) groups excluding carboxylic acids is 2. The summed E-state index contributed by atoms with van der Waals surface area (Å²) in [6.07, 6.45) is 0. The first-order chi connectivity index (χ1) is 16.3. The molecule has 0 unspecified atom stereocenters. The highest BCUT2D eigenvalue weighted by molar-refractivity contribution is 7.18. The van der Waals surface area contributed by atoms with Crippen molar-refractivity contribution >= 4 is 44.7 Å². The Morgan fingerprint density at radius 2 is 1.88 bits per heavy atom. The van der Waals surface area contributed by atoms with Crippen molar-refractivity contribution in [3.8, 4) is 0 Å². The molecule has 0 radical (unpaired) electrons. The van der Waals surface area contributed by atoms with E-state index in [1.165, 1.54) is 0 Å². The molecule has 1 aromatic carbocycles. The number of amides is 2. The number of hydrogen-bond acceptors (Lipinski definition) is 7. The van der Waals surface area contributed by atoms with Gasteiger partial charge in [0.05, 0.1) is 29.3 Å². The number of aromatic amines is 1. The average Bonchev–Trinajstić information content (AvgIpc) is 3.11. The summed E-state index contributed by atoms with van der Waals surface area (Å²) in [7, 11) is 0. The van der Waals surface area contributed by atoms with Crippen LogP contribution < -0.4 is 15.8 Å². The van der Waals surface area contributed by atoms with Gasteiger partial charge in [0.2, 0.25) is 11.8 Å². The smallest absolute Gasteiger partial charge is 0.259 e. The normalized spacial score (nSPS) is 18.1. The van der Waals surface area contributed by atoms with Gasteiger partial charge in [0.25, 0.3) is 5.56 Å². The highest BCUT2D eigenvalue weighted by Crippen LogP contribution is 2.30. The van der Waals surface area contributed by atoms with E-state index in [0.717, 1.165) is 47.1 Å². The van der Waals surface area contributed by atoms with Gasteiger partial charge in [-0.2, -0.15) is 0 Å². The zero-order valence-electron chi connectivity index (χ0n) is 19.6. The lowest BCUT2D eigenvalue weighted by Crippen LogP contribution is -2.56. The number of piperazine rings is 1. The Bertz CT molecular complexity index is 1320. The Hall–Kier alpha value is -3.08.